The second-order valence-electron chi connectivity index (χ2n) is 5.32. The second kappa shape index (κ2) is 6.19. The van der Waals surface area contributed by atoms with Gasteiger partial charge in [0, 0.05) is 19.1 Å². The van der Waals surface area contributed by atoms with Crippen LogP contribution in [0, 0.1) is 0 Å². The fourth-order valence-corrected chi connectivity index (χ4v) is 3.61. The molecule has 19 heavy (non-hydrogen) atoms. The lowest BCUT2D eigenvalue weighted by molar-refractivity contribution is -0.143. The smallest absolute Gasteiger partial charge is 0.324 e. The zero-order valence-electron chi connectivity index (χ0n) is 11.3. The number of esters is 1. The topological polar surface area (TPSA) is 75.7 Å². The van der Waals surface area contributed by atoms with Gasteiger partial charge in [0.25, 0.3) is 0 Å². The Morgan fingerprint density at radius 3 is 2.74 bits per heavy atom. The molecule has 1 aliphatic heterocycles. The van der Waals surface area contributed by atoms with E-state index in [2.05, 4.69) is 5.32 Å². The average molecular weight is 290 g/mol. The number of sulfone groups is 1. The Kier molecular flexibility index (Phi) is 4.81. The van der Waals surface area contributed by atoms with Gasteiger partial charge in [-0.25, -0.2) is 8.42 Å². The van der Waals surface area contributed by atoms with Crippen molar-refractivity contribution in [1.82, 2.24) is 10.2 Å². The van der Waals surface area contributed by atoms with Gasteiger partial charge in [-0.1, -0.05) is 0 Å². The van der Waals surface area contributed by atoms with Crippen molar-refractivity contribution in [2.75, 3.05) is 38.2 Å². The fourth-order valence-electron chi connectivity index (χ4n) is 2.30. The number of hydrogen-bond donors (Lipinski definition) is 1. The van der Waals surface area contributed by atoms with Gasteiger partial charge >= 0.3 is 5.97 Å². The molecule has 1 heterocycles. The largest absolute Gasteiger partial charge is 0.468 e. The molecule has 0 radical (unpaired) electrons. The molecule has 2 aliphatic rings. The number of nitrogens with one attached hydrogen (secondary N) is 1. The van der Waals surface area contributed by atoms with E-state index in [-0.39, 0.29) is 23.5 Å². The molecule has 110 valence electrons. The van der Waals surface area contributed by atoms with E-state index in [1.54, 1.807) is 0 Å². The van der Waals surface area contributed by atoms with E-state index in [1.807, 2.05) is 4.90 Å². The molecular weight excluding hydrogens is 268 g/mol. The molecule has 0 spiro atoms. The highest BCUT2D eigenvalue weighted by Gasteiger charge is 2.31. The number of carbonyl (C=O) groups is 1. The zero-order valence-corrected chi connectivity index (χ0v) is 12.1. The van der Waals surface area contributed by atoms with Gasteiger partial charge in [0.05, 0.1) is 18.6 Å². The molecule has 1 unspecified atom stereocenters. The van der Waals surface area contributed by atoms with Gasteiger partial charge in [0.15, 0.2) is 9.84 Å². The summed E-state index contributed by atoms with van der Waals surface area (Å²) in [5.41, 5.74) is 0. The zero-order chi connectivity index (χ0) is 13.9. The minimum absolute atomic E-state index is 0.185. The number of rotatable bonds is 5. The minimum atomic E-state index is -2.90. The van der Waals surface area contributed by atoms with E-state index < -0.39 is 9.84 Å². The van der Waals surface area contributed by atoms with Crippen molar-refractivity contribution >= 4 is 15.8 Å². The lowest BCUT2D eigenvalue weighted by Gasteiger charge is -2.25. The average Bonchev–Trinajstić information content (AvgIpc) is 3.17. The van der Waals surface area contributed by atoms with Crippen molar-refractivity contribution in [3.8, 4) is 0 Å². The Morgan fingerprint density at radius 1 is 1.37 bits per heavy atom. The Bertz CT molecular complexity index is 419. The van der Waals surface area contributed by atoms with Gasteiger partial charge in [0.2, 0.25) is 0 Å². The molecule has 2 rings (SSSR count). The Balaban J connectivity index is 1.90. The highest BCUT2D eigenvalue weighted by atomic mass is 32.2. The van der Waals surface area contributed by atoms with Crippen LogP contribution in [0.5, 0.6) is 0 Å². The quantitative estimate of drug-likeness (QED) is 0.682. The molecule has 0 aromatic heterocycles. The van der Waals surface area contributed by atoms with Crippen LogP contribution in [-0.4, -0.2) is 69.6 Å². The van der Waals surface area contributed by atoms with Crippen LogP contribution in [0.1, 0.15) is 19.3 Å². The van der Waals surface area contributed by atoms with Crippen molar-refractivity contribution in [2.24, 2.45) is 0 Å². The lowest BCUT2D eigenvalue weighted by atomic mass is 10.2. The first-order valence-corrected chi connectivity index (χ1v) is 8.59. The normalized spacial score (nSPS) is 25.5. The van der Waals surface area contributed by atoms with Crippen molar-refractivity contribution in [3.05, 3.63) is 0 Å². The predicted octanol–water partition coefficient (Wildman–Crippen LogP) is -0.599. The standard InChI is InChI=1S/C12H22N2O4S/c1-18-12(15)11(13-10-3-4-10)9-14-5-2-7-19(16,17)8-6-14/h10-11,13H,2-9H2,1H3. The summed E-state index contributed by atoms with van der Waals surface area (Å²) in [6, 6.07) is 0.0677. The van der Waals surface area contributed by atoms with Gasteiger partial charge in [-0.3, -0.25) is 4.79 Å². The first-order valence-electron chi connectivity index (χ1n) is 6.77. The predicted molar refractivity (Wildman–Crippen MR) is 71.7 cm³/mol. The van der Waals surface area contributed by atoms with Crippen LogP contribution in [0.15, 0.2) is 0 Å². The molecule has 7 heteroatoms. The summed E-state index contributed by atoms with van der Waals surface area (Å²) in [6.07, 6.45) is 2.84. The highest BCUT2D eigenvalue weighted by molar-refractivity contribution is 7.91. The van der Waals surface area contributed by atoms with Crippen LogP contribution in [0.2, 0.25) is 0 Å². The maximum Gasteiger partial charge on any atom is 0.324 e. The minimum Gasteiger partial charge on any atom is -0.468 e. The van der Waals surface area contributed by atoms with E-state index in [0.717, 1.165) is 19.4 Å². The molecule has 0 aromatic rings. The van der Waals surface area contributed by atoms with Crippen molar-refractivity contribution in [1.29, 1.82) is 0 Å². The number of ether oxygens (including phenoxy) is 1. The lowest BCUT2D eigenvalue weighted by Crippen LogP contribution is -2.48. The van der Waals surface area contributed by atoms with Crippen LogP contribution in [0.4, 0.5) is 0 Å². The maximum atomic E-state index is 11.7. The van der Waals surface area contributed by atoms with Crippen LogP contribution in [-0.2, 0) is 19.4 Å². The van der Waals surface area contributed by atoms with Crippen LogP contribution < -0.4 is 5.32 Å². The molecule has 0 amide bonds. The molecule has 1 saturated heterocycles. The van der Waals surface area contributed by atoms with Crippen LogP contribution in [0.3, 0.4) is 0 Å². The third-order valence-electron chi connectivity index (χ3n) is 3.59. The van der Waals surface area contributed by atoms with E-state index in [1.165, 1.54) is 7.11 Å². The van der Waals surface area contributed by atoms with E-state index in [4.69, 9.17) is 4.74 Å². The monoisotopic (exact) mass is 290 g/mol. The van der Waals surface area contributed by atoms with Gasteiger partial charge in [-0.15, -0.1) is 0 Å². The van der Waals surface area contributed by atoms with E-state index >= 15 is 0 Å². The molecule has 1 aliphatic carbocycles. The summed E-state index contributed by atoms with van der Waals surface area (Å²) in [4.78, 5) is 13.8. The molecule has 0 aromatic carbocycles. The molecule has 1 atom stereocenters. The number of hydrogen-bond acceptors (Lipinski definition) is 6. The van der Waals surface area contributed by atoms with Crippen LogP contribution in [0.25, 0.3) is 0 Å². The van der Waals surface area contributed by atoms with Gasteiger partial charge in [-0.05, 0) is 25.8 Å². The van der Waals surface area contributed by atoms with Gasteiger partial charge < -0.3 is 15.0 Å². The van der Waals surface area contributed by atoms with E-state index in [0.29, 0.717) is 25.6 Å². The molecular formula is C12H22N2O4S. The summed E-state index contributed by atoms with van der Waals surface area (Å²) >= 11 is 0. The van der Waals surface area contributed by atoms with Crippen molar-refractivity contribution in [2.45, 2.75) is 31.3 Å². The van der Waals surface area contributed by atoms with Gasteiger partial charge in [-0.2, -0.15) is 0 Å². The first kappa shape index (κ1) is 14.7. The maximum absolute atomic E-state index is 11.7. The Morgan fingerprint density at radius 2 is 2.11 bits per heavy atom. The Labute approximate surface area is 114 Å². The summed E-state index contributed by atoms with van der Waals surface area (Å²) in [5, 5.41) is 3.26. The number of methoxy groups -OCH3 is 1. The summed E-state index contributed by atoms with van der Waals surface area (Å²) in [6.45, 7) is 1.75. The fraction of sp³-hybridized carbons (Fsp3) is 0.917. The van der Waals surface area contributed by atoms with Gasteiger partial charge in [0.1, 0.15) is 6.04 Å². The third-order valence-corrected chi connectivity index (χ3v) is 5.30. The second-order valence-corrected chi connectivity index (χ2v) is 7.63. The van der Waals surface area contributed by atoms with Crippen LogP contribution >= 0.6 is 0 Å². The SMILES string of the molecule is COC(=O)C(CN1CCCS(=O)(=O)CC1)NC1CC1. The van der Waals surface area contributed by atoms with E-state index in [9.17, 15) is 13.2 Å². The van der Waals surface area contributed by atoms with Crippen molar-refractivity contribution in [3.63, 3.8) is 0 Å². The number of nitrogens with zero attached hydrogens (tertiary/aromatic N) is 1. The molecule has 1 saturated carbocycles. The number of carbonyl (C=O) groups excluding carboxylic acids is 1. The molecule has 0 bridgehead atoms. The summed E-state index contributed by atoms with van der Waals surface area (Å²) in [5.74, 6) is 0.172. The highest BCUT2D eigenvalue weighted by Crippen LogP contribution is 2.20. The molecule has 2 fully saturated rings. The summed E-state index contributed by atoms with van der Waals surface area (Å²) in [7, 11) is -1.52. The molecule has 6 nitrogen and oxygen atoms in total. The summed E-state index contributed by atoms with van der Waals surface area (Å²) < 4.78 is 27.9. The third kappa shape index (κ3) is 4.74. The first-order chi connectivity index (χ1) is 9.00. The Hall–Kier alpha value is -0.660. The molecule has 1 N–H and O–H groups in total. The van der Waals surface area contributed by atoms with Crippen molar-refractivity contribution < 1.29 is 17.9 Å².